The van der Waals surface area contributed by atoms with Crippen LogP contribution in [0.25, 0.3) is 0 Å². The van der Waals surface area contributed by atoms with Crippen LogP contribution in [-0.4, -0.2) is 50.2 Å². The summed E-state index contributed by atoms with van der Waals surface area (Å²) >= 11 is 1.12. The van der Waals surface area contributed by atoms with Gasteiger partial charge >= 0.3 is 0 Å². The van der Waals surface area contributed by atoms with Crippen LogP contribution in [0.5, 0.6) is 5.75 Å². The van der Waals surface area contributed by atoms with Gasteiger partial charge in [-0.05, 0) is 79.1 Å². The number of nitrogens with zero attached hydrogens (tertiary/aromatic N) is 1. The largest absolute Gasteiger partial charge is 0.508 e. The Kier molecular flexibility index (Phi) is 9.43. The van der Waals surface area contributed by atoms with Crippen LogP contribution in [0.15, 0.2) is 95.2 Å². The second-order valence-electron chi connectivity index (χ2n) is 10.2. The Bertz CT molecular complexity index is 1590. The van der Waals surface area contributed by atoms with Gasteiger partial charge in [0.25, 0.3) is 15.9 Å². The van der Waals surface area contributed by atoms with Crippen molar-refractivity contribution in [1.82, 2.24) is 10.6 Å². The van der Waals surface area contributed by atoms with Gasteiger partial charge in [-0.25, -0.2) is 8.42 Å². The molecule has 1 aliphatic rings. The number of anilines is 2. The molecule has 3 aromatic carbocycles. The van der Waals surface area contributed by atoms with E-state index < -0.39 is 16.1 Å². The van der Waals surface area contributed by atoms with E-state index in [1.165, 1.54) is 0 Å². The highest BCUT2D eigenvalue weighted by atomic mass is 32.2. The van der Waals surface area contributed by atoms with Crippen LogP contribution >= 0.6 is 11.3 Å². The van der Waals surface area contributed by atoms with Crippen molar-refractivity contribution in [2.75, 3.05) is 29.3 Å². The number of sulfonamides is 1. The zero-order chi connectivity index (χ0) is 29.5. The SMILES string of the molecule is O=C(NCc1ccc(S(=O)(=O)Nc2ccc(N3CCC(NCC(O)c4cccc(O)c4)CC3)cc2)s1)c1ccccc1. The summed E-state index contributed by atoms with van der Waals surface area (Å²) in [4.78, 5) is 15.3. The van der Waals surface area contributed by atoms with Gasteiger partial charge in [0.05, 0.1) is 12.6 Å². The van der Waals surface area contributed by atoms with Gasteiger partial charge in [-0.15, -0.1) is 11.3 Å². The zero-order valence-corrected chi connectivity index (χ0v) is 24.6. The topological polar surface area (TPSA) is 131 Å². The molecule has 1 fully saturated rings. The predicted molar refractivity (Wildman–Crippen MR) is 165 cm³/mol. The average molecular weight is 607 g/mol. The number of piperidine rings is 1. The number of phenolic OH excluding ortho intramolecular Hbond substituents is 1. The second kappa shape index (κ2) is 13.4. The predicted octanol–water partition coefficient (Wildman–Crippen LogP) is 4.48. The molecule has 1 saturated heterocycles. The minimum Gasteiger partial charge on any atom is -0.508 e. The first kappa shape index (κ1) is 29.6. The van der Waals surface area contributed by atoms with Crippen molar-refractivity contribution in [3.05, 3.63) is 107 Å². The van der Waals surface area contributed by atoms with Gasteiger partial charge < -0.3 is 25.7 Å². The number of aliphatic hydroxyl groups is 1. The minimum atomic E-state index is -3.76. The molecular weight excluding hydrogens is 572 g/mol. The molecule has 1 amide bonds. The Labute approximate surface area is 249 Å². The lowest BCUT2D eigenvalue weighted by atomic mass is 10.0. The maximum atomic E-state index is 13.0. The van der Waals surface area contributed by atoms with E-state index in [1.807, 2.05) is 18.2 Å². The molecule has 0 spiro atoms. The van der Waals surface area contributed by atoms with Gasteiger partial charge in [-0.1, -0.05) is 30.3 Å². The number of nitrogens with one attached hydrogen (secondary N) is 3. The third-order valence-electron chi connectivity index (χ3n) is 7.20. The van der Waals surface area contributed by atoms with Gasteiger partial charge in [-0.3, -0.25) is 9.52 Å². The summed E-state index contributed by atoms with van der Waals surface area (Å²) in [6.07, 6.45) is 1.13. The van der Waals surface area contributed by atoms with Crippen LogP contribution < -0.4 is 20.3 Å². The van der Waals surface area contributed by atoms with Crippen molar-refractivity contribution in [2.24, 2.45) is 0 Å². The van der Waals surface area contributed by atoms with Gasteiger partial charge in [0.1, 0.15) is 9.96 Å². The third-order valence-corrected chi connectivity index (χ3v) is 10.2. The molecular formula is C31H34N4O5S2. The fraction of sp³-hybridized carbons (Fsp3) is 0.258. The Balaban J connectivity index is 1.08. The summed E-state index contributed by atoms with van der Waals surface area (Å²) in [6.45, 7) is 2.33. The lowest BCUT2D eigenvalue weighted by Gasteiger charge is -2.34. The Morgan fingerprint density at radius 2 is 1.69 bits per heavy atom. The van der Waals surface area contributed by atoms with Gasteiger partial charge in [0, 0.05) is 47.5 Å². The van der Waals surface area contributed by atoms with E-state index in [9.17, 15) is 23.4 Å². The van der Waals surface area contributed by atoms with E-state index in [4.69, 9.17) is 0 Å². The number of phenols is 1. The zero-order valence-electron chi connectivity index (χ0n) is 22.9. The van der Waals surface area contributed by atoms with E-state index in [2.05, 4.69) is 20.3 Å². The average Bonchev–Trinajstić information content (AvgIpc) is 3.50. The first-order valence-electron chi connectivity index (χ1n) is 13.8. The van der Waals surface area contributed by atoms with Gasteiger partial charge in [0.2, 0.25) is 0 Å². The van der Waals surface area contributed by atoms with Gasteiger partial charge in [-0.2, -0.15) is 0 Å². The number of thiophene rings is 1. The number of carbonyl (C=O) groups is 1. The molecule has 1 unspecified atom stereocenters. The number of carbonyl (C=O) groups excluding carboxylic acids is 1. The molecule has 2 heterocycles. The molecule has 1 aliphatic heterocycles. The smallest absolute Gasteiger partial charge is 0.271 e. The van der Waals surface area contributed by atoms with Crippen LogP contribution in [-0.2, 0) is 16.6 Å². The number of hydrogen-bond donors (Lipinski definition) is 5. The Morgan fingerprint density at radius 1 is 0.952 bits per heavy atom. The van der Waals surface area contributed by atoms with Crippen molar-refractivity contribution in [2.45, 2.75) is 35.7 Å². The molecule has 0 bridgehead atoms. The maximum Gasteiger partial charge on any atom is 0.271 e. The van der Waals surface area contributed by atoms with Crippen molar-refractivity contribution in [1.29, 1.82) is 0 Å². The molecule has 1 atom stereocenters. The first-order valence-corrected chi connectivity index (χ1v) is 16.1. The highest BCUT2D eigenvalue weighted by Crippen LogP contribution is 2.27. The van der Waals surface area contributed by atoms with Crippen LogP contribution in [0, 0.1) is 0 Å². The van der Waals surface area contributed by atoms with E-state index in [1.54, 1.807) is 72.8 Å². The van der Waals surface area contributed by atoms with E-state index >= 15 is 0 Å². The van der Waals surface area contributed by atoms with Crippen LogP contribution in [0.3, 0.4) is 0 Å². The maximum absolute atomic E-state index is 13.0. The monoisotopic (exact) mass is 606 g/mol. The van der Waals surface area contributed by atoms with E-state index in [0.717, 1.165) is 47.8 Å². The molecule has 11 heteroatoms. The molecule has 1 aromatic heterocycles. The molecule has 0 saturated carbocycles. The number of hydrogen-bond acceptors (Lipinski definition) is 8. The number of amides is 1. The summed E-state index contributed by atoms with van der Waals surface area (Å²) in [6, 6.07) is 26.4. The fourth-order valence-corrected chi connectivity index (χ4v) is 7.23. The van der Waals surface area contributed by atoms with E-state index in [-0.39, 0.29) is 28.5 Å². The number of aliphatic hydroxyl groups excluding tert-OH is 1. The van der Waals surface area contributed by atoms with Crippen molar-refractivity contribution in [3.8, 4) is 5.75 Å². The van der Waals surface area contributed by atoms with E-state index in [0.29, 0.717) is 23.4 Å². The Morgan fingerprint density at radius 3 is 2.40 bits per heavy atom. The number of benzene rings is 3. The number of rotatable bonds is 11. The normalized spacial score (nSPS) is 14.8. The molecule has 5 rings (SSSR count). The highest BCUT2D eigenvalue weighted by molar-refractivity contribution is 7.94. The molecule has 220 valence electrons. The van der Waals surface area contributed by atoms with Crippen molar-refractivity contribution < 1.29 is 23.4 Å². The quantitative estimate of drug-likeness (QED) is 0.170. The molecule has 5 N–H and O–H groups in total. The summed E-state index contributed by atoms with van der Waals surface area (Å²) in [5.41, 5.74) is 2.73. The minimum absolute atomic E-state index is 0.140. The molecule has 0 radical (unpaired) electrons. The van der Waals surface area contributed by atoms with Crippen LogP contribution in [0.1, 0.15) is 39.7 Å². The second-order valence-corrected chi connectivity index (χ2v) is 13.3. The lowest BCUT2D eigenvalue weighted by Crippen LogP contribution is -2.43. The highest BCUT2D eigenvalue weighted by Gasteiger charge is 2.21. The van der Waals surface area contributed by atoms with Crippen molar-refractivity contribution >= 4 is 38.6 Å². The summed E-state index contributed by atoms with van der Waals surface area (Å²) in [5, 5.41) is 26.3. The fourth-order valence-electron chi connectivity index (χ4n) is 4.87. The standard InChI is InChI=1S/C31H34N4O5S2/c36-27-8-4-7-23(19-27)29(37)21-32-24-15-17-35(18-16-24)26-11-9-25(10-12-26)34-42(39,40)30-14-13-28(41-30)20-33-31(38)22-5-2-1-3-6-22/h1-14,19,24,29,32,34,36-37H,15-18,20-21H2,(H,33,38). The van der Waals surface area contributed by atoms with Crippen LogP contribution in [0.4, 0.5) is 11.4 Å². The molecule has 0 aliphatic carbocycles. The third kappa shape index (κ3) is 7.68. The molecule has 4 aromatic rings. The molecule has 9 nitrogen and oxygen atoms in total. The van der Waals surface area contributed by atoms with Crippen LogP contribution in [0.2, 0.25) is 0 Å². The summed E-state index contributed by atoms with van der Waals surface area (Å²) in [7, 11) is -3.76. The summed E-state index contributed by atoms with van der Waals surface area (Å²) in [5.74, 6) is -0.0725. The lowest BCUT2D eigenvalue weighted by molar-refractivity contribution is 0.0951. The number of aromatic hydroxyl groups is 1. The summed E-state index contributed by atoms with van der Waals surface area (Å²) < 4.78 is 28.8. The Hall–Kier alpha value is -3.90. The first-order chi connectivity index (χ1) is 20.3. The van der Waals surface area contributed by atoms with Gasteiger partial charge in [0.15, 0.2) is 0 Å². The molecule has 42 heavy (non-hydrogen) atoms. The van der Waals surface area contributed by atoms with Crippen molar-refractivity contribution in [3.63, 3.8) is 0 Å².